The number of carbonyl (C=O) groups is 2. The zero-order chi connectivity index (χ0) is 33.3. The Hall–Kier alpha value is -3.66. The summed E-state index contributed by atoms with van der Waals surface area (Å²) in [6.07, 6.45) is 1.94. The number of hydrogen-bond donors (Lipinski definition) is 1. The molecule has 0 bridgehead atoms. The molecule has 0 saturated heterocycles. The third-order valence-corrected chi connectivity index (χ3v) is 10.2. The minimum Gasteiger partial charge on any atom is -0.354 e. The lowest BCUT2D eigenvalue weighted by molar-refractivity contribution is -0.140. The Morgan fingerprint density at radius 3 is 2.26 bits per heavy atom. The van der Waals surface area contributed by atoms with Crippen LogP contribution in [0.4, 0.5) is 5.69 Å². The van der Waals surface area contributed by atoms with Gasteiger partial charge in [0, 0.05) is 29.0 Å². The number of rotatable bonds is 14. The van der Waals surface area contributed by atoms with Crippen molar-refractivity contribution in [1.82, 2.24) is 10.2 Å². The molecule has 242 valence electrons. The van der Waals surface area contributed by atoms with E-state index in [0.717, 1.165) is 38.3 Å². The van der Waals surface area contributed by atoms with Crippen molar-refractivity contribution in [3.63, 3.8) is 0 Å². The lowest BCUT2D eigenvalue weighted by Crippen LogP contribution is -2.53. The van der Waals surface area contributed by atoms with Crippen LogP contribution in [-0.2, 0) is 32.6 Å². The van der Waals surface area contributed by atoms with Crippen LogP contribution >= 0.6 is 27.5 Å². The van der Waals surface area contributed by atoms with E-state index in [1.165, 1.54) is 17.0 Å². The van der Waals surface area contributed by atoms with E-state index in [4.69, 9.17) is 11.6 Å². The molecule has 46 heavy (non-hydrogen) atoms. The summed E-state index contributed by atoms with van der Waals surface area (Å²) >= 11 is 9.88. The molecule has 10 heteroatoms. The number of halogens is 2. The molecule has 0 aromatic heterocycles. The zero-order valence-corrected chi connectivity index (χ0v) is 29.4. The summed E-state index contributed by atoms with van der Waals surface area (Å²) in [4.78, 5) is 30.0. The highest BCUT2D eigenvalue weighted by Gasteiger charge is 2.35. The molecule has 1 atom stereocenters. The van der Waals surface area contributed by atoms with Crippen molar-refractivity contribution < 1.29 is 18.0 Å². The fourth-order valence-electron chi connectivity index (χ4n) is 5.09. The molecule has 4 aromatic rings. The fraction of sp³-hybridized carbons (Fsp3) is 0.278. The second kappa shape index (κ2) is 16.3. The summed E-state index contributed by atoms with van der Waals surface area (Å²) in [5.41, 5.74) is 3.48. The second-order valence-electron chi connectivity index (χ2n) is 11.3. The molecule has 0 spiro atoms. The van der Waals surface area contributed by atoms with Gasteiger partial charge in [0.1, 0.15) is 12.6 Å². The number of unbranched alkanes of at least 4 members (excludes halogenated alkanes) is 1. The molecule has 0 radical (unpaired) electrons. The molecule has 0 heterocycles. The number of amides is 2. The summed E-state index contributed by atoms with van der Waals surface area (Å²) in [5.74, 6) is -0.825. The Labute approximate surface area is 285 Å². The van der Waals surface area contributed by atoms with E-state index in [1.807, 2.05) is 68.4 Å². The van der Waals surface area contributed by atoms with Crippen molar-refractivity contribution in [1.29, 1.82) is 0 Å². The van der Waals surface area contributed by atoms with Gasteiger partial charge in [-0.15, -0.1) is 0 Å². The smallest absolute Gasteiger partial charge is 0.264 e. The van der Waals surface area contributed by atoms with Crippen LogP contribution in [0.3, 0.4) is 0 Å². The number of benzene rings is 4. The van der Waals surface area contributed by atoms with Gasteiger partial charge in [0.2, 0.25) is 11.8 Å². The number of anilines is 1. The minimum atomic E-state index is -4.22. The molecule has 0 unspecified atom stereocenters. The third-order valence-electron chi connectivity index (χ3n) is 7.67. The molecule has 0 aliphatic heterocycles. The molecular weight excluding hydrogens is 686 g/mol. The quantitative estimate of drug-likeness (QED) is 0.137. The van der Waals surface area contributed by atoms with Crippen molar-refractivity contribution >= 4 is 55.1 Å². The van der Waals surface area contributed by atoms with Gasteiger partial charge >= 0.3 is 0 Å². The van der Waals surface area contributed by atoms with Crippen molar-refractivity contribution in [2.75, 3.05) is 17.4 Å². The second-order valence-corrected chi connectivity index (χ2v) is 14.5. The van der Waals surface area contributed by atoms with Gasteiger partial charge < -0.3 is 10.2 Å². The van der Waals surface area contributed by atoms with Crippen LogP contribution < -0.4 is 9.62 Å². The maximum absolute atomic E-state index is 14.6. The normalized spacial score (nSPS) is 11.9. The predicted molar refractivity (Wildman–Crippen MR) is 188 cm³/mol. The first kappa shape index (κ1) is 35.2. The maximum Gasteiger partial charge on any atom is 0.264 e. The standard InChI is InChI=1S/C36H39BrClN3O4S/c1-4-5-20-39-36(43)34(22-28-10-7-6-8-11-28)40(24-29-12-9-13-30(37)21-29)35(42)25-41(33-23-31(38)17-16-27(33)3)46(44,45)32-18-14-26(2)15-19-32/h6-19,21,23,34H,4-5,20,22,24-25H2,1-3H3,(H,39,43)/t34-/m0/s1. The van der Waals surface area contributed by atoms with E-state index in [1.54, 1.807) is 37.3 Å². The number of hydrogen-bond acceptors (Lipinski definition) is 4. The topological polar surface area (TPSA) is 86.8 Å². The average Bonchev–Trinajstić information content (AvgIpc) is 3.03. The summed E-state index contributed by atoms with van der Waals surface area (Å²) < 4.78 is 30.5. The molecule has 0 saturated carbocycles. The minimum absolute atomic E-state index is 0.0435. The molecule has 4 aromatic carbocycles. The van der Waals surface area contributed by atoms with Crippen molar-refractivity contribution in [2.45, 2.75) is 57.5 Å². The first-order valence-electron chi connectivity index (χ1n) is 15.2. The number of nitrogens with one attached hydrogen (secondary N) is 1. The van der Waals surface area contributed by atoms with Gasteiger partial charge in [0.25, 0.3) is 10.0 Å². The van der Waals surface area contributed by atoms with Crippen LogP contribution in [0.5, 0.6) is 0 Å². The summed E-state index contributed by atoms with van der Waals surface area (Å²) in [6, 6.07) is 27.5. The average molecular weight is 725 g/mol. The highest BCUT2D eigenvalue weighted by Crippen LogP contribution is 2.30. The first-order chi connectivity index (χ1) is 22.0. The fourth-order valence-corrected chi connectivity index (χ4v) is 7.18. The van der Waals surface area contributed by atoms with Gasteiger partial charge in [-0.1, -0.05) is 107 Å². The maximum atomic E-state index is 14.6. The van der Waals surface area contributed by atoms with Crippen LogP contribution in [0.2, 0.25) is 5.02 Å². The summed E-state index contributed by atoms with van der Waals surface area (Å²) in [6.45, 7) is 5.69. The van der Waals surface area contributed by atoms with Crippen LogP contribution in [0.25, 0.3) is 0 Å². The number of aryl methyl sites for hydroxylation is 2. The lowest BCUT2D eigenvalue weighted by atomic mass is 10.0. The molecule has 2 amide bonds. The summed E-state index contributed by atoms with van der Waals surface area (Å²) in [5, 5.41) is 3.34. The van der Waals surface area contributed by atoms with E-state index >= 15 is 0 Å². The van der Waals surface area contributed by atoms with Crippen molar-refractivity contribution in [2.24, 2.45) is 0 Å². The van der Waals surface area contributed by atoms with Gasteiger partial charge in [0.05, 0.1) is 10.6 Å². The van der Waals surface area contributed by atoms with Gasteiger partial charge in [-0.25, -0.2) is 8.42 Å². The van der Waals surface area contributed by atoms with Crippen molar-refractivity contribution in [3.8, 4) is 0 Å². The van der Waals surface area contributed by atoms with Crippen LogP contribution in [-0.4, -0.2) is 44.3 Å². The largest absolute Gasteiger partial charge is 0.354 e. The number of carbonyl (C=O) groups excluding carboxylic acids is 2. The van der Waals surface area contributed by atoms with E-state index in [-0.39, 0.29) is 29.5 Å². The zero-order valence-electron chi connectivity index (χ0n) is 26.2. The molecule has 7 nitrogen and oxygen atoms in total. The highest BCUT2D eigenvalue weighted by atomic mass is 79.9. The molecular formula is C36H39BrClN3O4S. The Kier molecular flexibility index (Phi) is 12.4. The van der Waals surface area contributed by atoms with Crippen molar-refractivity contribution in [3.05, 3.63) is 129 Å². The Bertz CT molecular complexity index is 1750. The van der Waals surface area contributed by atoms with Gasteiger partial charge in [-0.3, -0.25) is 13.9 Å². The molecule has 0 fully saturated rings. The van der Waals surface area contributed by atoms with Crippen LogP contribution in [0.1, 0.15) is 42.0 Å². The van der Waals surface area contributed by atoms with Gasteiger partial charge in [-0.2, -0.15) is 0 Å². The van der Waals surface area contributed by atoms with E-state index in [0.29, 0.717) is 17.1 Å². The Morgan fingerprint density at radius 1 is 0.891 bits per heavy atom. The predicted octanol–water partition coefficient (Wildman–Crippen LogP) is 7.47. The van der Waals surface area contributed by atoms with Gasteiger partial charge in [-0.05, 0) is 73.4 Å². The first-order valence-corrected chi connectivity index (χ1v) is 17.8. The Morgan fingerprint density at radius 2 is 1.59 bits per heavy atom. The van der Waals surface area contributed by atoms with E-state index < -0.39 is 28.5 Å². The summed E-state index contributed by atoms with van der Waals surface area (Å²) in [7, 11) is -4.22. The van der Waals surface area contributed by atoms with E-state index in [2.05, 4.69) is 21.2 Å². The van der Waals surface area contributed by atoms with Crippen LogP contribution in [0, 0.1) is 13.8 Å². The monoisotopic (exact) mass is 723 g/mol. The van der Waals surface area contributed by atoms with Crippen LogP contribution in [0.15, 0.2) is 106 Å². The Balaban J connectivity index is 1.82. The molecule has 0 aliphatic rings. The number of nitrogens with zero attached hydrogens (tertiary/aromatic N) is 2. The van der Waals surface area contributed by atoms with Gasteiger partial charge in [0.15, 0.2) is 0 Å². The SMILES string of the molecule is CCCCNC(=O)[C@H](Cc1ccccc1)N(Cc1cccc(Br)c1)C(=O)CN(c1cc(Cl)ccc1C)S(=O)(=O)c1ccc(C)cc1. The molecule has 0 aliphatic carbocycles. The molecule has 1 N–H and O–H groups in total. The third kappa shape index (κ3) is 9.21. The molecule has 4 rings (SSSR count). The number of sulfonamides is 1. The van der Waals surface area contributed by atoms with E-state index in [9.17, 15) is 18.0 Å². The lowest BCUT2D eigenvalue weighted by Gasteiger charge is -2.34. The highest BCUT2D eigenvalue weighted by molar-refractivity contribution is 9.10.